The number of nitrogens with one attached hydrogen (secondary N) is 3. The average Bonchev–Trinajstić information content (AvgIpc) is 3.78. The monoisotopic (exact) mass is 816 g/mol. The van der Waals surface area contributed by atoms with Crippen LogP contribution in [0, 0.1) is 12.3 Å². The minimum absolute atomic E-state index is 0.0735. The summed E-state index contributed by atoms with van der Waals surface area (Å²) < 4.78 is 5.17. The Morgan fingerprint density at radius 3 is 2.38 bits per heavy atom. The molecule has 5 N–H and O–H groups in total. The molecular weight excluding hydrogens is 765 g/mol. The van der Waals surface area contributed by atoms with Gasteiger partial charge in [0.1, 0.15) is 5.82 Å². The lowest BCUT2D eigenvalue weighted by Crippen LogP contribution is -2.39. The first kappa shape index (κ1) is 41.2. The van der Waals surface area contributed by atoms with E-state index in [0.717, 1.165) is 72.1 Å². The lowest BCUT2D eigenvalue weighted by atomic mass is 9.85. The Hall–Kier alpha value is -6.53. The molecule has 2 aromatic heterocycles. The number of carbonyl (C=O) groups excluding carboxylic acids is 3. The lowest BCUT2D eigenvalue weighted by Gasteiger charge is -2.32. The number of pyridine rings is 1. The molecule has 0 aliphatic carbocycles. The molecule has 1 unspecified atom stereocenters. The van der Waals surface area contributed by atoms with Crippen LogP contribution in [0.25, 0.3) is 21.9 Å². The van der Waals surface area contributed by atoms with Crippen molar-refractivity contribution in [2.24, 2.45) is 0 Å². The van der Waals surface area contributed by atoms with Gasteiger partial charge in [-0.15, -0.1) is 0 Å². The summed E-state index contributed by atoms with van der Waals surface area (Å²) in [5.41, 5.74) is 14.9. The molecule has 0 bridgehead atoms. The number of imide groups is 1. The topological polar surface area (TPSA) is 180 Å². The van der Waals surface area contributed by atoms with Crippen molar-refractivity contribution in [3.8, 4) is 11.1 Å². The highest BCUT2D eigenvalue weighted by molar-refractivity contribution is 6.14. The summed E-state index contributed by atoms with van der Waals surface area (Å²) in [6.45, 7) is 11.1. The molecule has 312 valence electrons. The molecule has 4 aromatic carbocycles. The third-order valence-electron chi connectivity index (χ3n) is 12.2. The van der Waals surface area contributed by atoms with E-state index in [9.17, 15) is 14.4 Å². The van der Waals surface area contributed by atoms with Crippen molar-refractivity contribution in [2.75, 3.05) is 25.4 Å². The number of nitrogens with zero attached hydrogens (tertiary/aromatic N) is 4. The number of carbonyl (C=O) groups is 3. The molecule has 8 rings (SSSR count). The number of nitrogen functional groups attached to an aromatic ring is 1. The van der Waals surface area contributed by atoms with Crippen LogP contribution >= 0.6 is 0 Å². The fourth-order valence-corrected chi connectivity index (χ4v) is 8.52. The standard InChI is InChI=1S/C49H52N8O4/c1-29-25-34(13-14-35(29)27-53-46(60)47-55-48(56-61-47)49(2,3)4)43(50)41-26-36(28-52-44(41)51)31-11-9-30(10-12-31)32-19-22-57(23-20-32)24-21-33-15-16-39(38-8-6-5-7-37(33)38)40-17-18-42(58)54-45(40)59/h5-16,25-26,28,32,40,50H,17-24,27H2,1-4H3,(H2,51,52)(H,53,60)(H,54,58,59). The number of likely N-dealkylation sites (tertiary alicyclic amines) is 1. The lowest BCUT2D eigenvalue weighted by molar-refractivity contribution is -0.134. The van der Waals surface area contributed by atoms with Crippen LogP contribution in [0.5, 0.6) is 0 Å². The highest BCUT2D eigenvalue weighted by Gasteiger charge is 2.30. The van der Waals surface area contributed by atoms with Gasteiger partial charge in [-0.2, -0.15) is 4.98 Å². The molecule has 2 aliphatic heterocycles. The van der Waals surface area contributed by atoms with Crippen LogP contribution in [0.1, 0.15) is 114 Å². The van der Waals surface area contributed by atoms with E-state index < -0.39 is 5.91 Å². The summed E-state index contributed by atoms with van der Waals surface area (Å²) in [5.74, 6) is 0.0276. The second-order valence-corrected chi connectivity index (χ2v) is 17.4. The van der Waals surface area contributed by atoms with Gasteiger partial charge in [0.25, 0.3) is 0 Å². The van der Waals surface area contributed by atoms with Crippen LogP contribution in [-0.4, -0.2) is 63.1 Å². The number of fused-ring (bicyclic) bond motifs is 1. The third-order valence-corrected chi connectivity index (χ3v) is 12.2. The maximum absolute atomic E-state index is 12.7. The summed E-state index contributed by atoms with van der Waals surface area (Å²) in [6.07, 6.45) is 5.77. The van der Waals surface area contributed by atoms with E-state index in [1.54, 1.807) is 6.20 Å². The van der Waals surface area contributed by atoms with E-state index in [4.69, 9.17) is 15.7 Å². The zero-order chi connectivity index (χ0) is 42.8. The summed E-state index contributed by atoms with van der Waals surface area (Å²) in [7, 11) is 0. The van der Waals surface area contributed by atoms with Gasteiger partial charge in [-0.25, -0.2) is 4.98 Å². The predicted octanol–water partition coefficient (Wildman–Crippen LogP) is 7.76. The zero-order valence-corrected chi connectivity index (χ0v) is 35.2. The number of amides is 3. The first-order valence-corrected chi connectivity index (χ1v) is 21.1. The molecule has 6 aromatic rings. The zero-order valence-electron chi connectivity index (χ0n) is 35.2. The van der Waals surface area contributed by atoms with Crippen LogP contribution in [0.3, 0.4) is 0 Å². The quantitative estimate of drug-likeness (QED) is 0.0751. The Bertz CT molecular complexity index is 2640. The molecule has 61 heavy (non-hydrogen) atoms. The van der Waals surface area contributed by atoms with E-state index in [2.05, 4.69) is 85.3 Å². The Morgan fingerprint density at radius 2 is 1.67 bits per heavy atom. The van der Waals surface area contributed by atoms with Gasteiger partial charge in [-0.1, -0.05) is 98.7 Å². The molecule has 0 spiro atoms. The van der Waals surface area contributed by atoms with Gasteiger partial charge < -0.3 is 20.5 Å². The molecule has 0 radical (unpaired) electrons. The number of aromatic nitrogens is 3. The van der Waals surface area contributed by atoms with Crippen LogP contribution in [-0.2, 0) is 28.0 Å². The van der Waals surface area contributed by atoms with E-state index in [0.29, 0.717) is 35.7 Å². The van der Waals surface area contributed by atoms with E-state index in [1.165, 1.54) is 16.5 Å². The van der Waals surface area contributed by atoms with Crippen LogP contribution in [0.2, 0.25) is 0 Å². The van der Waals surface area contributed by atoms with Gasteiger partial charge in [-0.05, 0) is 108 Å². The van der Waals surface area contributed by atoms with Crippen molar-refractivity contribution < 1.29 is 18.9 Å². The molecular formula is C49H52N8O4. The van der Waals surface area contributed by atoms with E-state index in [-0.39, 0.29) is 47.1 Å². The smallest absolute Gasteiger partial charge is 0.315 e. The SMILES string of the molecule is Cc1cc(C(=N)c2cc(-c3ccc(C4CCN(CCc5ccc(C6CCC(=O)NC6=O)c6ccccc56)CC4)cc3)cnc2N)ccc1CNC(=O)c1nc(C(C)(C)C)no1. The van der Waals surface area contributed by atoms with E-state index in [1.807, 2.05) is 58.0 Å². The fourth-order valence-electron chi connectivity index (χ4n) is 8.52. The number of aryl methyl sites for hydroxylation is 1. The summed E-state index contributed by atoms with van der Waals surface area (Å²) in [6, 6.07) is 28.9. The van der Waals surface area contributed by atoms with Gasteiger partial charge in [0.2, 0.25) is 11.8 Å². The number of benzene rings is 4. The number of nitrogens with two attached hydrogens (primary N) is 1. The molecule has 4 heterocycles. The molecule has 12 heteroatoms. The summed E-state index contributed by atoms with van der Waals surface area (Å²) in [5, 5.41) is 20.7. The van der Waals surface area contributed by atoms with Crippen LogP contribution in [0.4, 0.5) is 5.82 Å². The van der Waals surface area contributed by atoms with Gasteiger partial charge in [0.15, 0.2) is 5.82 Å². The van der Waals surface area contributed by atoms with Crippen molar-refractivity contribution in [3.05, 3.63) is 142 Å². The van der Waals surface area contributed by atoms with Gasteiger partial charge >= 0.3 is 11.8 Å². The van der Waals surface area contributed by atoms with E-state index >= 15 is 0 Å². The minimum atomic E-state index is -0.441. The molecule has 12 nitrogen and oxygen atoms in total. The largest absolute Gasteiger partial charge is 0.383 e. The van der Waals surface area contributed by atoms with Crippen molar-refractivity contribution in [3.63, 3.8) is 0 Å². The first-order chi connectivity index (χ1) is 29.3. The molecule has 3 amide bonds. The second-order valence-electron chi connectivity index (χ2n) is 17.4. The molecule has 0 saturated carbocycles. The van der Waals surface area contributed by atoms with Gasteiger partial charge in [-0.3, -0.25) is 25.1 Å². The van der Waals surface area contributed by atoms with Crippen molar-refractivity contribution >= 4 is 40.0 Å². The maximum Gasteiger partial charge on any atom is 0.315 e. The van der Waals surface area contributed by atoms with Crippen LogP contribution in [0.15, 0.2) is 95.6 Å². The van der Waals surface area contributed by atoms with Crippen molar-refractivity contribution in [2.45, 2.75) is 83.6 Å². The number of piperidine rings is 2. The second kappa shape index (κ2) is 17.2. The Labute approximate surface area is 355 Å². The van der Waals surface area contributed by atoms with Gasteiger partial charge in [0, 0.05) is 47.8 Å². The molecule has 2 fully saturated rings. The van der Waals surface area contributed by atoms with Crippen molar-refractivity contribution in [1.82, 2.24) is 30.7 Å². The summed E-state index contributed by atoms with van der Waals surface area (Å²) >= 11 is 0. The fraction of sp³-hybridized carbons (Fsp3) is 0.327. The molecule has 1 atom stereocenters. The minimum Gasteiger partial charge on any atom is -0.383 e. The molecule has 2 aliphatic rings. The van der Waals surface area contributed by atoms with Crippen LogP contribution < -0.4 is 16.4 Å². The molecule has 2 saturated heterocycles. The number of anilines is 1. The number of rotatable bonds is 11. The Kier molecular flexibility index (Phi) is 11.6. The highest BCUT2D eigenvalue weighted by Crippen LogP contribution is 2.34. The normalized spacial score (nSPS) is 16.4. The Morgan fingerprint density at radius 1 is 0.934 bits per heavy atom. The van der Waals surface area contributed by atoms with Gasteiger partial charge in [0.05, 0.1) is 11.6 Å². The maximum atomic E-state index is 12.7. The highest BCUT2D eigenvalue weighted by atomic mass is 16.5. The Balaban J connectivity index is 0.861. The number of hydrogen-bond donors (Lipinski definition) is 4. The average molecular weight is 817 g/mol. The summed E-state index contributed by atoms with van der Waals surface area (Å²) in [4.78, 5) is 48.4. The first-order valence-electron chi connectivity index (χ1n) is 21.1. The third kappa shape index (κ3) is 9.00. The predicted molar refractivity (Wildman–Crippen MR) is 237 cm³/mol. The van der Waals surface area contributed by atoms with Crippen molar-refractivity contribution in [1.29, 1.82) is 5.41 Å². The number of hydrogen-bond acceptors (Lipinski definition) is 10.